The van der Waals surface area contributed by atoms with Gasteiger partial charge in [0.2, 0.25) is 5.91 Å². The summed E-state index contributed by atoms with van der Waals surface area (Å²) in [7, 11) is 2.09. The number of aryl methyl sites for hydroxylation is 1. The number of hydrogen-bond acceptors (Lipinski definition) is 4. The Labute approximate surface area is 172 Å². The van der Waals surface area contributed by atoms with Crippen molar-refractivity contribution in [2.75, 3.05) is 13.6 Å². The van der Waals surface area contributed by atoms with E-state index in [4.69, 9.17) is 5.73 Å². The standard InChI is InChI=1S/C21H26F3N3OS/c1-13-12-29-19(26-13)11-27(2)10-14-3-5-15(6-4-14)17-8-7-16(21(22,23)24)9-18(17)20(25)28/h7-9,12,14-15H,3-6,10-11H2,1-2H3,(H2,25,28). The van der Waals surface area contributed by atoms with Crippen LogP contribution >= 0.6 is 11.3 Å². The zero-order chi connectivity index (χ0) is 21.2. The van der Waals surface area contributed by atoms with Crippen molar-refractivity contribution in [2.45, 2.75) is 51.2 Å². The van der Waals surface area contributed by atoms with Gasteiger partial charge >= 0.3 is 6.18 Å². The summed E-state index contributed by atoms with van der Waals surface area (Å²) in [5, 5.41) is 3.16. The molecule has 3 rings (SSSR count). The first-order valence-corrected chi connectivity index (χ1v) is 10.6. The summed E-state index contributed by atoms with van der Waals surface area (Å²) in [5.74, 6) is -0.196. The average molecular weight is 426 g/mol. The number of carbonyl (C=O) groups excluding carboxylic acids is 1. The number of aromatic nitrogens is 1. The van der Waals surface area contributed by atoms with Crippen molar-refractivity contribution in [2.24, 2.45) is 11.7 Å². The Morgan fingerprint density at radius 2 is 1.97 bits per heavy atom. The van der Waals surface area contributed by atoms with Crippen molar-refractivity contribution >= 4 is 17.2 Å². The van der Waals surface area contributed by atoms with Crippen molar-refractivity contribution in [1.82, 2.24) is 9.88 Å². The highest BCUT2D eigenvalue weighted by Gasteiger charge is 2.33. The van der Waals surface area contributed by atoms with E-state index in [0.29, 0.717) is 11.5 Å². The van der Waals surface area contributed by atoms with Gasteiger partial charge < -0.3 is 5.73 Å². The van der Waals surface area contributed by atoms with Gasteiger partial charge in [0.25, 0.3) is 0 Å². The van der Waals surface area contributed by atoms with Crippen LogP contribution in [0.25, 0.3) is 0 Å². The van der Waals surface area contributed by atoms with Crippen LogP contribution in [0, 0.1) is 12.8 Å². The zero-order valence-corrected chi connectivity index (χ0v) is 17.4. The summed E-state index contributed by atoms with van der Waals surface area (Å²) in [6.45, 7) is 3.77. The Morgan fingerprint density at radius 1 is 1.28 bits per heavy atom. The van der Waals surface area contributed by atoms with Crippen LogP contribution in [0.3, 0.4) is 0 Å². The van der Waals surface area contributed by atoms with Gasteiger partial charge in [0.1, 0.15) is 5.01 Å². The molecule has 8 heteroatoms. The molecule has 0 aliphatic heterocycles. The van der Waals surface area contributed by atoms with E-state index in [1.165, 1.54) is 6.07 Å². The maximum atomic E-state index is 13.0. The van der Waals surface area contributed by atoms with E-state index >= 15 is 0 Å². The number of nitrogens with zero attached hydrogens (tertiary/aromatic N) is 2. The number of rotatable bonds is 6. The fourth-order valence-electron chi connectivity index (χ4n) is 4.17. The molecule has 1 aliphatic carbocycles. The lowest BCUT2D eigenvalue weighted by Gasteiger charge is -2.32. The second-order valence-electron chi connectivity index (χ2n) is 7.96. The first-order valence-electron chi connectivity index (χ1n) is 9.74. The summed E-state index contributed by atoms with van der Waals surface area (Å²) < 4.78 is 38.9. The summed E-state index contributed by atoms with van der Waals surface area (Å²) >= 11 is 1.67. The van der Waals surface area contributed by atoms with E-state index in [2.05, 4.69) is 22.3 Å². The van der Waals surface area contributed by atoms with Gasteiger partial charge in [-0.25, -0.2) is 4.98 Å². The molecule has 158 valence electrons. The van der Waals surface area contributed by atoms with Crippen molar-refractivity contribution in [3.8, 4) is 0 Å². The normalized spacial score (nSPS) is 20.2. The van der Waals surface area contributed by atoms with E-state index in [1.807, 2.05) is 6.92 Å². The minimum absolute atomic E-state index is 0.000433. The molecule has 1 saturated carbocycles. The Bertz CT molecular complexity index is 857. The van der Waals surface area contributed by atoms with E-state index in [0.717, 1.165) is 61.6 Å². The van der Waals surface area contributed by atoms with Gasteiger partial charge in [0.05, 0.1) is 12.1 Å². The molecule has 1 aromatic carbocycles. The quantitative estimate of drug-likeness (QED) is 0.711. The fourth-order valence-corrected chi connectivity index (χ4v) is 5.02. The van der Waals surface area contributed by atoms with Crippen molar-refractivity contribution in [3.05, 3.63) is 51.0 Å². The van der Waals surface area contributed by atoms with Crippen molar-refractivity contribution in [1.29, 1.82) is 0 Å². The summed E-state index contributed by atoms with van der Waals surface area (Å²) in [5.41, 5.74) is 6.24. The lowest BCUT2D eigenvalue weighted by atomic mass is 9.77. The molecular weight excluding hydrogens is 399 g/mol. The Kier molecular flexibility index (Phi) is 6.63. The van der Waals surface area contributed by atoms with Crippen LogP contribution in [0.4, 0.5) is 13.2 Å². The predicted molar refractivity (Wildman–Crippen MR) is 108 cm³/mol. The number of alkyl halides is 3. The van der Waals surface area contributed by atoms with Gasteiger partial charge in [0, 0.05) is 23.2 Å². The third-order valence-corrected chi connectivity index (χ3v) is 6.53. The number of carbonyl (C=O) groups is 1. The molecule has 1 aromatic heterocycles. The van der Waals surface area contributed by atoms with Crippen LogP contribution in [0.1, 0.15) is 63.8 Å². The molecule has 0 unspecified atom stereocenters. The molecule has 0 atom stereocenters. The van der Waals surface area contributed by atoms with Gasteiger partial charge in [-0.1, -0.05) is 6.07 Å². The monoisotopic (exact) mass is 425 g/mol. The lowest BCUT2D eigenvalue weighted by molar-refractivity contribution is -0.137. The predicted octanol–water partition coefficient (Wildman–Crippen LogP) is 4.98. The number of hydrogen-bond donors (Lipinski definition) is 1. The van der Waals surface area contributed by atoms with E-state index in [1.54, 1.807) is 11.3 Å². The van der Waals surface area contributed by atoms with Crippen LogP contribution in [0.5, 0.6) is 0 Å². The Morgan fingerprint density at radius 3 is 2.52 bits per heavy atom. The van der Waals surface area contributed by atoms with E-state index in [9.17, 15) is 18.0 Å². The number of thiazole rings is 1. The third-order valence-electron chi connectivity index (χ3n) is 5.57. The molecule has 0 saturated heterocycles. The molecule has 29 heavy (non-hydrogen) atoms. The van der Waals surface area contributed by atoms with Crippen LogP contribution in [0.15, 0.2) is 23.6 Å². The fraction of sp³-hybridized carbons (Fsp3) is 0.524. The average Bonchev–Trinajstić information content (AvgIpc) is 3.05. The van der Waals surface area contributed by atoms with Gasteiger partial charge in [-0.2, -0.15) is 13.2 Å². The minimum atomic E-state index is -4.49. The first kappa shape index (κ1) is 21.8. The summed E-state index contributed by atoms with van der Waals surface area (Å²) in [6, 6.07) is 3.38. The molecule has 0 radical (unpaired) electrons. The van der Waals surface area contributed by atoms with Crippen molar-refractivity contribution in [3.63, 3.8) is 0 Å². The Balaban J connectivity index is 1.60. The summed E-state index contributed by atoms with van der Waals surface area (Å²) in [4.78, 5) is 18.5. The van der Waals surface area contributed by atoms with Crippen LogP contribution in [-0.2, 0) is 12.7 Å². The smallest absolute Gasteiger partial charge is 0.366 e. The van der Waals surface area contributed by atoms with Gasteiger partial charge in [-0.3, -0.25) is 9.69 Å². The highest BCUT2D eigenvalue weighted by molar-refractivity contribution is 7.09. The largest absolute Gasteiger partial charge is 0.416 e. The molecule has 0 spiro atoms. The molecule has 4 nitrogen and oxygen atoms in total. The summed E-state index contributed by atoms with van der Waals surface area (Å²) in [6.07, 6.45) is -0.835. The van der Waals surface area contributed by atoms with E-state index < -0.39 is 17.6 Å². The van der Waals surface area contributed by atoms with Crippen LogP contribution in [-0.4, -0.2) is 29.4 Å². The van der Waals surface area contributed by atoms with E-state index in [-0.39, 0.29) is 11.5 Å². The maximum Gasteiger partial charge on any atom is 0.416 e. The van der Waals surface area contributed by atoms with Crippen LogP contribution < -0.4 is 5.73 Å². The molecule has 2 aromatic rings. The molecule has 0 bridgehead atoms. The molecule has 1 heterocycles. The van der Waals surface area contributed by atoms with Gasteiger partial charge in [-0.05, 0) is 69.2 Å². The third kappa shape index (κ3) is 5.57. The highest BCUT2D eigenvalue weighted by Crippen LogP contribution is 2.39. The molecule has 2 N–H and O–H groups in total. The molecule has 1 amide bonds. The van der Waals surface area contributed by atoms with Gasteiger partial charge in [0.15, 0.2) is 0 Å². The SMILES string of the molecule is Cc1csc(CN(C)CC2CCC(c3ccc(C(F)(F)F)cc3C(N)=O)CC2)n1. The minimum Gasteiger partial charge on any atom is -0.366 e. The number of nitrogens with two attached hydrogens (primary N) is 1. The number of benzene rings is 1. The zero-order valence-electron chi connectivity index (χ0n) is 16.6. The second-order valence-corrected chi connectivity index (χ2v) is 8.90. The Hall–Kier alpha value is -1.93. The molecule has 1 fully saturated rings. The highest BCUT2D eigenvalue weighted by atomic mass is 32.1. The number of primary amides is 1. The number of halogens is 3. The molecular formula is C21H26F3N3OS. The van der Waals surface area contributed by atoms with Crippen molar-refractivity contribution < 1.29 is 18.0 Å². The number of amides is 1. The maximum absolute atomic E-state index is 13.0. The first-order chi connectivity index (χ1) is 13.6. The molecule has 1 aliphatic rings. The lowest BCUT2D eigenvalue weighted by Crippen LogP contribution is -2.28. The topological polar surface area (TPSA) is 59.2 Å². The van der Waals surface area contributed by atoms with Crippen LogP contribution in [0.2, 0.25) is 0 Å². The van der Waals surface area contributed by atoms with Gasteiger partial charge in [-0.15, -0.1) is 11.3 Å². The second kappa shape index (κ2) is 8.83.